The van der Waals surface area contributed by atoms with E-state index in [0.717, 1.165) is 71.4 Å². The summed E-state index contributed by atoms with van der Waals surface area (Å²) >= 11 is 6.16. The lowest BCUT2D eigenvalue weighted by atomic mass is 10.1. The number of aromatic nitrogens is 3. The highest BCUT2D eigenvalue weighted by Crippen LogP contribution is 2.37. The van der Waals surface area contributed by atoms with E-state index in [1.165, 1.54) is 5.56 Å². The number of hydrogen-bond donors (Lipinski definition) is 0. The summed E-state index contributed by atoms with van der Waals surface area (Å²) in [6.07, 6.45) is 3.86. The molecule has 0 unspecified atom stereocenters. The minimum Gasteiger partial charge on any atom is -0.353 e. The van der Waals surface area contributed by atoms with Crippen LogP contribution >= 0.6 is 11.6 Å². The van der Waals surface area contributed by atoms with Crippen LogP contribution in [0.2, 0.25) is 5.02 Å². The minimum absolute atomic E-state index is 0.720. The van der Waals surface area contributed by atoms with Crippen LogP contribution < -0.4 is 4.90 Å². The Morgan fingerprint density at radius 2 is 1.43 bits per heavy atom. The van der Waals surface area contributed by atoms with Gasteiger partial charge >= 0.3 is 0 Å². The first kappa shape index (κ1) is 21.8. The zero-order valence-corrected chi connectivity index (χ0v) is 20.1. The quantitative estimate of drug-likeness (QED) is 0.307. The molecule has 0 saturated carbocycles. The fourth-order valence-corrected chi connectivity index (χ4v) is 5.01. The minimum atomic E-state index is 0.720. The largest absolute Gasteiger partial charge is 0.353 e. The maximum atomic E-state index is 6.16. The summed E-state index contributed by atoms with van der Waals surface area (Å²) in [5, 5.41) is 1.81. The second-order valence-electron chi connectivity index (χ2n) is 8.90. The number of fused-ring (bicyclic) bond motifs is 1. The van der Waals surface area contributed by atoms with Gasteiger partial charge in [0.15, 0.2) is 5.65 Å². The smallest absolute Gasteiger partial charge is 0.150 e. The van der Waals surface area contributed by atoms with Gasteiger partial charge in [0.2, 0.25) is 0 Å². The lowest BCUT2D eigenvalue weighted by molar-refractivity contribution is 0.249. The molecular weight excluding hydrogens is 454 g/mol. The average Bonchev–Trinajstić information content (AvgIpc) is 3.31. The van der Waals surface area contributed by atoms with Crippen molar-refractivity contribution in [1.82, 2.24) is 19.4 Å². The van der Waals surface area contributed by atoms with Crippen LogP contribution in [0.4, 0.5) is 5.82 Å². The Labute approximate surface area is 210 Å². The third kappa shape index (κ3) is 4.41. The molecule has 5 nitrogen and oxygen atoms in total. The summed E-state index contributed by atoms with van der Waals surface area (Å²) in [7, 11) is 0. The van der Waals surface area contributed by atoms with E-state index in [1.807, 2.05) is 30.3 Å². The van der Waals surface area contributed by atoms with Crippen molar-refractivity contribution in [3.05, 3.63) is 108 Å². The first-order chi connectivity index (χ1) is 17.3. The van der Waals surface area contributed by atoms with Crippen molar-refractivity contribution >= 4 is 28.5 Å². The third-order valence-electron chi connectivity index (χ3n) is 6.67. The number of halogens is 1. The number of hydrogen-bond acceptors (Lipinski definition) is 4. The van der Waals surface area contributed by atoms with Crippen molar-refractivity contribution in [3.8, 4) is 16.8 Å². The Hall–Kier alpha value is -3.67. The SMILES string of the molecule is Clc1ccc(-n2cc(-c3ccccc3)c3c(N4CCN(Cc5ccccc5)CC4)ncnc32)cc1. The van der Waals surface area contributed by atoms with Gasteiger partial charge in [0, 0.05) is 55.2 Å². The maximum absolute atomic E-state index is 6.16. The Bertz CT molecular complexity index is 1420. The molecule has 3 aromatic carbocycles. The highest BCUT2D eigenvalue weighted by Gasteiger charge is 2.24. The van der Waals surface area contributed by atoms with Crippen molar-refractivity contribution in [2.24, 2.45) is 0 Å². The Balaban J connectivity index is 1.37. The van der Waals surface area contributed by atoms with Gasteiger partial charge in [0.1, 0.15) is 12.1 Å². The van der Waals surface area contributed by atoms with Crippen molar-refractivity contribution in [3.63, 3.8) is 0 Å². The summed E-state index contributed by atoms with van der Waals surface area (Å²) in [6.45, 7) is 4.84. The number of anilines is 1. The summed E-state index contributed by atoms with van der Waals surface area (Å²) < 4.78 is 2.14. The molecular formula is C29H26ClN5. The van der Waals surface area contributed by atoms with E-state index in [0.29, 0.717) is 0 Å². The van der Waals surface area contributed by atoms with E-state index in [1.54, 1.807) is 6.33 Å². The van der Waals surface area contributed by atoms with Crippen molar-refractivity contribution in [1.29, 1.82) is 0 Å². The lowest BCUT2D eigenvalue weighted by Crippen LogP contribution is -2.46. The molecule has 1 aliphatic rings. The monoisotopic (exact) mass is 479 g/mol. The van der Waals surface area contributed by atoms with Crippen LogP contribution in [-0.2, 0) is 6.54 Å². The van der Waals surface area contributed by atoms with E-state index in [4.69, 9.17) is 21.6 Å². The van der Waals surface area contributed by atoms with E-state index in [-0.39, 0.29) is 0 Å². The maximum Gasteiger partial charge on any atom is 0.150 e. The van der Waals surface area contributed by atoms with Crippen LogP contribution in [0.1, 0.15) is 5.56 Å². The predicted octanol–water partition coefficient (Wildman–Crippen LogP) is 6.06. The normalized spacial score (nSPS) is 14.5. The third-order valence-corrected chi connectivity index (χ3v) is 6.93. The molecule has 5 aromatic rings. The van der Waals surface area contributed by atoms with Gasteiger partial charge in [-0.3, -0.25) is 4.90 Å². The molecule has 6 heteroatoms. The van der Waals surface area contributed by atoms with Crippen molar-refractivity contribution in [2.75, 3.05) is 31.1 Å². The Morgan fingerprint density at radius 3 is 2.14 bits per heavy atom. The second kappa shape index (κ2) is 9.53. The van der Waals surface area contributed by atoms with Crippen LogP contribution in [0.3, 0.4) is 0 Å². The lowest BCUT2D eigenvalue weighted by Gasteiger charge is -2.35. The van der Waals surface area contributed by atoms with Crippen LogP contribution in [0.15, 0.2) is 97.5 Å². The molecule has 0 bridgehead atoms. The van der Waals surface area contributed by atoms with E-state index < -0.39 is 0 Å². The molecule has 35 heavy (non-hydrogen) atoms. The van der Waals surface area contributed by atoms with Gasteiger partial charge in [-0.15, -0.1) is 0 Å². The second-order valence-corrected chi connectivity index (χ2v) is 9.34. The van der Waals surface area contributed by atoms with Gasteiger partial charge in [-0.05, 0) is 35.4 Å². The van der Waals surface area contributed by atoms with Crippen LogP contribution in [0.25, 0.3) is 27.8 Å². The first-order valence-electron chi connectivity index (χ1n) is 11.9. The summed E-state index contributed by atoms with van der Waals surface area (Å²) in [5.41, 5.74) is 5.58. The van der Waals surface area contributed by atoms with Crippen LogP contribution in [0.5, 0.6) is 0 Å². The molecule has 0 aliphatic carbocycles. The molecule has 0 spiro atoms. The Morgan fingerprint density at radius 1 is 0.743 bits per heavy atom. The van der Waals surface area contributed by atoms with E-state index in [9.17, 15) is 0 Å². The zero-order chi connectivity index (χ0) is 23.6. The summed E-state index contributed by atoms with van der Waals surface area (Å²) in [6, 6.07) is 29.1. The molecule has 1 fully saturated rings. The van der Waals surface area contributed by atoms with Gasteiger partial charge in [-0.1, -0.05) is 72.3 Å². The van der Waals surface area contributed by atoms with Gasteiger partial charge in [0.05, 0.1) is 5.39 Å². The number of benzene rings is 3. The van der Waals surface area contributed by atoms with Crippen molar-refractivity contribution in [2.45, 2.75) is 6.54 Å². The zero-order valence-electron chi connectivity index (χ0n) is 19.4. The molecule has 1 aliphatic heterocycles. The molecule has 6 rings (SSSR count). The van der Waals surface area contributed by atoms with Gasteiger partial charge < -0.3 is 9.47 Å². The van der Waals surface area contributed by atoms with E-state index >= 15 is 0 Å². The molecule has 3 heterocycles. The Kier molecular flexibility index (Phi) is 5.94. The van der Waals surface area contributed by atoms with Gasteiger partial charge in [0.25, 0.3) is 0 Å². The highest BCUT2D eigenvalue weighted by atomic mass is 35.5. The van der Waals surface area contributed by atoms with E-state index in [2.05, 4.69) is 75.2 Å². The molecule has 0 atom stereocenters. The summed E-state index contributed by atoms with van der Waals surface area (Å²) in [4.78, 5) is 14.5. The fourth-order valence-electron chi connectivity index (χ4n) is 4.88. The van der Waals surface area contributed by atoms with Crippen LogP contribution in [0, 0.1) is 0 Å². The average molecular weight is 480 g/mol. The molecule has 2 aromatic heterocycles. The summed E-state index contributed by atoms with van der Waals surface area (Å²) in [5.74, 6) is 1.00. The predicted molar refractivity (Wildman–Crippen MR) is 143 cm³/mol. The number of nitrogens with zero attached hydrogens (tertiary/aromatic N) is 5. The number of rotatable bonds is 5. The highest BCUT2D eigenvalue weighted by molar-refractivity contribution is 6.30. The van der Waals surface area contributed by atoms with Gasteiger partial charge in [-0.2, -0.15) is 0 Å². The fraction of sp³-hybridized carbons (Fsp3) is 0.172. The molecule has 0 N–H and O–H groups in total. The topological polar surface area (TPSA) is 37.2 Å². The number of piperazine rings is 1. The first-order valence-corrected chi connectivity index (χ1v) is 12.3. The van der Waals surface area contributed by atoms with Gasteiger partial charge in [-0.25, -0.2) is 9.97 Å². The standard InChI is InChI=1S/C29H26ClN5/c30-24-11-13-25(14-12-24)35-20-26(23-9-5-2-6-10-23)27-28(31-21-32-29(27)35)34-17-15-33(16-18-34)19-22-7-3-1-4-8-22/h1-14,20-21H,15-19H2. The van der Waals surface area contributed by atoms with Crippen molar-refractivity contribution < 1.29 is 0 Å². The molecule has 1 saturated heterocycles. The van der Waals surface area contributed by atoms with Crippen LogP contribution in [-0.4, -0.2) is 45.6 Å². The molecule has 174 valence electrons. The molecule has 0 radical (unpaired) electrons. The molecule has 0 amide bonds.